The van der Waals surface area contributed by atoms with Crippen LogP contribution in [0.1, 0.15) is 31.2 Å². The Labute approximate surface area is 129 Å². The quantitative estimate of drug-likeness (QED) is 0.842. The van der Waals surface area contributed by atoms with Crippen LogP contribution >= 0.6 is 0 Å². The molecule has 0 radical (unpaired) electrons. The first-order chi connectivity index (χ1) is 10.6. The molecule has 6 nitrogen and oxygen atoms in total. The fourth-order valence-electron chi connectivity index (χ4n) is 2.56. The third-order valence-electron chi connectivity index (χ3n) is 3.64. The van der Waals surface area contributed by atoms with Crippen LogP contribution in [-0.4, -0.2) is 35.9 Å². The van der Waals surface area contributed by atoms with Gasteiger partial charge in [-0.3, -0.25) is 0 Å². The van der Waals surface area contributed by atoms with E-state index in [4.69, 9.17) is 14.6 Å². The van der Waals surface area contributed by atoms with Gasteiger partial charge >= 0.3 is 12.1 Å². The highest BCUT2D eigenvalue weighted by atomic mass is 16.5. The third kappa shape index (κ3) is 5.37. The number of alkyl carbamates (subject to hydrolysis) is 1. The lowest BCUT2D eigenvalue weighted by atomic mass is 9.92. The number of aliphatic carboxylic acids is 1. The first kappa shape index (κ1) is 16.3. The summed E-state index contributed by atoms with van der Waals surface area (Å²) < 4.78 is 10.5. The smallest absolute Gasteiger partial charge is 0.407 e. The molecule has 1 amide bonds. The average molecular weight is 307 g/mol. The Balaban J connectivity index is 1.79. The molecule has 0 heterocycles. The molecule has 6 heteroatoms. The molecule has 0 spiro atoms. The van der Waals surface area contributed by atoms with Gasteiger partial charge in [-0.25, -0.2) is 9.59 Å². The Hall–Kier alpha value is -2.08. The molecule has 2 rings (SSSR count). The number of ether oxygens (including phenoxy) is 2. The van der Waals surface area contributed by atoms with Crippen molar-refractivity contribution in [3.63, 3.8) is 0 Å². The summed E-state index contributed by atoms with van der Waals surface area (Å²) in [7, 11) is 0. The number of hydrogen-bond donors (Lipinski definition) is 2. The number of amides is 1. The summed E-state index contributed by atoms with van der Waals surface area (Å²) in [5.41, 5.74) is 0.917. The van der Waals surface area contributed by atoms with Gasteiger partial charge in [-0.15, -0.1) is 0 Å². The molecule has 0 bridgehead atoms. The Morgan fingerprint density at radius 1 is 1.18 bits per heavy atom. The maximum atomic E-state index is 11.9. The molecule has 1 fully saturated rings. The zero-order chi connectivity index (χ0) is 15.8. The van der Waals surface area contributed by atoms with E-state index < -0.39 is 12.1 Å². The van der Waals surface area contributed by atoms with Crippen LogP contribution in [0.4, 0.5) is 4.79 Å². The fourth-order valence-corrected chi connectivity index (χ4v) is 2.56. The number of carboxylic acid groups (broad SMARTS) is 1. The van der Waals surface area contributed by atoms with Crippen LogP contribution < -0.4 is 5.32 Å². The normalized spacial score (nSPS) is 21.1. The largest absolute Gasteiger partial charge is 0.480 e. The van der Waals surface area contributed by atoms with Crippen LogP contribution in [0.25, 0.3) is 0 Å². The van der Waals surface area contributed by atoms with Crippen LogP contribution in [0, 0.1) is 0 Å². The lowest BCUT2D eigenvalue weighted by Crippen LogP contribution is -2.47. The average Bonchev–Trinajstić information content (AvgIpc) is 2.53. The molecule has 0 unspecified atom stereocenters. The molecule has 0 saturated heterocycles. The van der Waals surface area contributed by atoms with Crippen molar-refractivity contribution in [1.29, 1.82) is 0 Å². The van der Waals surface area contributed by atoms with Gasteiger partial charge in [0.05, 0.1) is 12.1 Å². The van der Waals surface area contributed by atoms with Crippen molar-refractivity contribution in [3.05, 3.63) is 35.9 Å². The van der Waals surface area contributed by atoms with Gasteiger partial charge in [-0.05, 0) is 18.4 Å². The molecule has 1 saturated carbocycles. The summed E-state index contributed by atoms with van der Waals surface area (Å²) in [6.07, 6.45) is 2.70. The molecule has 2 atom stereocenters. The monoisotopic (exact) mass is 307 g/mol. The number of carbonyl (C=O) groups is 2. The third-order valence-corrected chi connectivity index (χ3v) is 3.64. The molecule has 120 valence electrons. The van der Waals surface area contributed by atoms with E-state index in [2.05, 4.69) is 5.32 Å². The maximum Gasteiger partial charge on any atom is 0.407 e. The highest BCUT2D eigenvalue weighted by molar-refractivity contribution is 5.68. The molecule has 1 aliphatic rings. The van der Waals surface area contributed by atoms with Crippen LogP contribution in [0.5, 0.6) is 0 Å². The zero-order valence-corrected chi connectivity index (χ0v) is 12.4. The number of nitrogens with one attached hydrogen (secondary N) is 1. The van der Waals surface area contributed by atoms with Gasteiger partial charge in [0.2, 0.25) is 0 Å². The molecule has 1 aromatic rings. The standard InChI is InChI=1S/C16H21NO5/c18-15(19)11-21-14-9-5-4-8-13(14)17-16(20)22-10-12-6-2-1-3-7-12/h1-3,6-7,13-14H,4-5,8-11H2,(H,17,20)(H,18,19)/t13-,14-/m0/s1. The van der Waals surface area contributed by atoms with E-state index >= 15 is 0 Å². The second-order valence-electron chi connectivity index (χ2n) is 5.34. The van der Waals surface area contributed by atoms with Gasteiger partial charge < -0.3 is 19.9 Å². The zero-order valence-electron chi connectivity index (χ0n) is 12.4. The molecule has 0 aliphatic heterocycles. The van der Waals surface area contributed by atoms with Crippen LogP contribution in [0.2, 0.25) is 0 Å². The summed E-state index contributed by atoms with van der Waals surface area (Å²) in [6.45, 7) is -0.137. The molecule has 22 heavy (non-hydrogen) atoms. The van der Waals surface area contributed by atoms with Crippen LogP contribution in [0.3, 0.4) is 0 Å². The number of rotatable bonds is 6. The Kier molecular flexibility index (Phi) is 6.21. The van der Waals surface area contributed by atoms with E-state index in [9.17, 15) is 9.59 Å². The molecular formula is C16H21NO5. The number of carbonyl (C=O) groups excluding carboxylic acids is 1. The number of hydrogen-bond acceptors (Lipinski definition) is 4. The van der Waals surface area contributed by atoms with E-state index in [1.54, 1.807) is 0 Å². The predicted molar refractivity (Wildman–Crippen MR) is 79.4 cm³/mol. The van der Waals surface area contributed by atoms with E-state index in [0.29, 0.717) is 0 Å². The lowest BCUT2D eigenvalue weighted by Gasteiger charge is -2.31. The van der Waals surface area contributed by atoms with Crippen molar-refractivity contribution in [3.8, 4) is 0 Å². The molecule has 2 N–H and O–H groups in total. The maximum absolute atomic E-state index is 11.9. The summed E-state index contributed by atoms with van der Waals surface area (Å²) in [5.74, 6) is -1.00. The summed E-state index contributed by atoms with van der Waals surface area (Å²) >= 11 is 0. The molecular weight excluding hydrogens is 286 g/mol. The highest BCUT2D eigenvalue weighted by Gasteiger charge is 2.28. The second-order valence-corrected chi connectivity index (χ2v) is 5.34. The van der Waals surface area contributed by atoms with E-state index in [1.165, 1.54) is 0 Å². The van der Waals surface area contributed by atoms with Gasteiger partial charge in [0, 0.05) is 0 Å². The van der Waals surface area contributed by atoms with Crippen molar-refractivity contribution in [2.75, 3.05) is 6.61 Å². The minimum Gasteiger partial charge on any atom is -0.480 e. The first-order valence-electron chi connectivity index (χ1n) is 7.46. The van der Waals surface area contributed by atoms with Crippen molar-refractivity contribution < 1.29 is 24.2 Å². The summed E-state index contributed by atoms with van der Waals surface area (Å²) in [6, 6.07) is 9.23. The minimum atomic E-state index is -1.00. The topological polar surface area (TPSA) is 84.9 Å². The SMILES string of the molecule is O=C(O)CO[C@H]1CCCC[C@@H]1NC(=O)OCc1ccccc1. The second kappa shape index (κ2) is 8.38. The van der Waals surface area contributed by atoms with Gasteiger partial charge in [-0.1, -0.05) is 43.2 Å². The molecule has 0 aromatic heterocycles. The molecule has 1 aromatic carbocycles. The minimum absolute atomic E-state index is 0.198. The fraction of sp³-hybridized carbons (Fsp3) is 0.500. The molecule has 1 aliphatic carbocycles. The van der Waals surface area contributed by atoms with Gasteiger partial charge in [0.1, 0.15) is 13.2 Å². The predicted octanol–water partition coefficient (Wildman–Crippen LogP) is 2.33. The van der Waals surface area contributed by atoms with Gasteiger partial charge in [0.15, 0.2) is 0 Å². The van der Waals surface area contributed by atoms with E-state index in [0.717, 1.165) is 31.2 Å². The van der Waals surface area contributed by atoms with Crippen molar-refractivity contribution in [1.82, 2.24) is 5.32 Å². The number of benzene rings is 1. The van der Waals surface area contributed by atoms with Gasteiger partial charge in [0.25, 0.3) is 0 Å². The number of carboxylic acids is 1. The van der Waals surface area contributed by atoms with Crippen molar-refractivity contribution in [2.45, 2.75) is 44.4 Å². The Morgan fingerprint density at radius 3 is 2.64 bits per heavy atom. The Bertz CT molecular complexity index is 491. The van der Waals surface area contributed by atoms with Crippen LogP contribution in [0.15, 0.2) is 30.3 Å². The van der Waals surface area contributed by atoms with E-state index in [1.807, 2.05) is 30.3 Å². The first-order valence-corrected chi connectivity index (χ1v) is 7.46. The van der Waals surface area contributed by atoms with Crippen molar-refractivity contribution in [2.24, 2.45) is 0 Å². The summed E-state index contributed by atoms with van der Waals surface area (Å²) in [5, 5.41) is 11.5. The van der Waals surface area contributed by atoms with Crippen molar-refractivity contribution >= 4 is 12.1 Å². The van der Waals surface area contributed by atoms with E-state index in [-0.39, 0.29) is 25.4 Å². The van der Waals surface area contributed by atoms with Crippen LogP contribution in [-0.2, 0) is 20.9 Å². The summed E-state index contributed by atoms with van der Waals surface area (Å²) in [4.78, 5) is 22.5. The lowest BCUT2D eigenvalue weighted by molar-refractivity contribution is -0.145. The Morgan fingerprint density at radius 2 is 1.91 bits per heavy atom. The van der Waals surface area contributed by atoms with Gasteiger partial charge in [-0.2, -0.15) is 0 Å². The highest BCUT2D eigenvalue weighted by Crippen LogP contribution is 2.21.